The summed E-state index contributed by atoms with van der Waals surface area (Å²) in [5.41, 5.74) is 0. The molecule has 2 atom stereocenters. The number of hydrogen-bond donors (Lipinski definition) is 2. The monoisotopic (exact) mass is 608 g/mol. The Morgan fingerprint density at radius 1 is 0.523 bits per heavy atom. The lowest BCUT2D eigenvalue weighted by Gasteiger charge is -2.23. The Morgan fingerprint density at radius 2 is 1.05 bits per heavy atom. The Kier molecular flexibility index (Phi) is 30.9. The van der Waals surface area contributed by atoms with Gasteiger partial charge >= 0.3 is 11.9 Å². The zero-order chi connectivity index (χ0) is 32.4. The zero-order valence-corrected chi connectivity index (χ0v) is 28.1. The van der Waals surface area contributed by atoms with Crippen molar-refractivity contribution in [2.45, 2.75) is 142 Å². The van der Waals surface area contributed by atoms with Crippen LogP contribution < -0.4 is 0 Å². The maximum absolute atomic E-state index is 12.2. The highest BCUT2D eigenvalue weighted by Gasteiger charge is 2.26. The summed E-state index contributed by atoms with van der Waals surface area (Å²) in [5.74, 6) is -1.54. The van der Waals surface area contributed by atoms with Crippen molar-refractivity contribution >= 4 is 11.9 Å². The molecule has 0 radical (unpaired) electrons. The number of carbonyl (C=O) groups is 2. The summed E-state index contributed by atoms with van der Waals surface area (Å²) >= 11 is 0. The van der Waals surface area contributed by atoms with Crippen molar-refractivity contribution in [3.63, 3.8) is 0 Å². The summed E-state index contributed by atoms with van der Waals surface area (Å²) in [6.07, 6.45) is 49.6. The van der Waals surface area contributed by atoms with Crippen molar-refractivity contribution in [1.82, 2.24) is 0 Å². The van der Waals surface area contributed by atoms with Gasteiger partial charge in [-0.05, 0) is 89.4 Å². The number of aliphatic carboxylic acids is 2. The first-order valence-corrected chi connectivity index (χ1v) is 17.5. The summed E-state index contributed by atoms with van der Waals surface area (Å²) < 4.78 is 0. The first-order chi connectivity index (χ1) is 21.5. The minimum Gasteiger partial charge on any atom is -0.481 e. The molecule has 44 heavy (non-hydrogen) atoms. The number of carboxylic acids is 2. The quantitative estimate of drug-likeness (QED) is 0.0483. The fraction of sp³-hybridized carbons (Fsp3) is 0.600. The number of allylic oxidation sites excluding steroid dienone is 14. The van der Waals surface area contributed by atoms with Crippen LogP contribution in [-0.4, -0.2) is 22.2 Å². The van der Waals surface area contributed by atoms with Crippen LogP contribution in [0, 0.1) is 11.8 Å². The fourth-order valence-corrected chi connectivity index (χ4v) is 5.03. The highest BCUT2D eigenvalue weighted by molar-refractivity contribution is 5.70. The van der Waals surface area contributed by atoms with Gasteiger partial charge in [0.05, 0.1) is 5.92 Å². The zero-order valence-electron chi connectivity index (χ0n) is 28.1. The summed E-state index contributed by atoms with van der Waals surface area (Å²) in [4.78, 5) is 22.8. The van der Waals surface area contributed by atoms with Gasteiger partial charge in [0.2, 0.25) is 0 Å². The summed E-state index contributed by atoms with van der Waals surface area (Å²) in [6, 6.07) is 0. The molecule has 0 saturated heterocycles. The molecule has 0 aromatic carbocycles. The Bertz CT molecular complexity index is 887. The Hall–Kier alpha value is -2.88. The third-order valence-electron chi connectivity index (χ3n) is 7.69. The van der Waals surface area contributed by atoms with Crippen LogP contribution in [0.15, 0.2) is 85.1 Å². The molecule has 2 unspecified atom stereocenters. The van der Waals surface area contributed by atoms with Crippen molar-refractivity contribution in [1.29, 1.82) is 0 Å². The average Bonchev–Trinajstić information content (AvgIpc) is 3.00. The third kappa shape index (κ3) is 29.2. The van der Waals surface area contributed by atoms with Crippen molar-refractivity contribution < 1.29 is 19.8 Å². The maximum Gasteiger partial charge on any atom is 0.306 e. The lowest BCUT2D eigenvalue weighted by atomic mass is 9.82. The smallest absolute Gasteiger partial charge is 0.306 e. The largest absolute Gasteiger partial charge is 0.481 e. The van der Waals surface area contributed by atoms with Gasteiger partial charge in [0.1, 0.15) is 0 Å². The molecular formula is C40H64O4. The molecule has 4 heteroatoms. The minimum atomic E-state index is -0.731. The standard InChI is InChI=1S/C40H64O4/c1-3-5-7-9-10-11-12-13-14-15-16-17-21-24-27-31-35-38(40(43)44)37(33-29-8-6-4-2)34-30-26-23-20-18-19-22-25-28-32-36-39(41)42/h10-11,13-14,16-20,22,24,26-27,30,37-38H,3-9,12,15,21,23,25,28-29,31-36H2,1-2H3,(H,41,42)(H,43,44)/b11-10-,14-13-,17-16-,20-18?,22-19?,27-24-,30-26?. The summed E-state index contributed by atoms with van der Waals surface area (Å²) in [6.45, 7) is 4.44. The van der Waals surface area contributed by atoms with E-state index in [4.69, 9.17) is 5.11 Å². The first-order valence-electron chi connectivity index (χ1n) is 17.5. The van der Waals surface area contributed by atoms with E-state index in [1.807, 2.05) is 12.2 Å². The van der Waals surface area contributed by atoms with Crippen LogP contribution in [0.4, 0.5) is 0 Å². The van der Waals surface area contributed by atoms with Crippen LogP contribution in [0.1, 0.15) is 142 Å². The molecule has 0 aliphatic rings. The van der Waals surface area contributed by atoms with Gasteiger partial charge in [0, 0.05) is 6.42 Å². The second-order valence-electron chi connectivity index (χ2n) is 11.7. The highest BCUT2D eigenvalue weighted by Crippen LogP contribution is 2.28. The van der Waals surface area contributed by atoms with Crippen LogP contribution in [0.3, 0.4) is 0 Å². The van der Waals surface area contributed by atoms with E-state index < -0.39 is 11.9 Å². The Labute approximate surface area is 270 Å². The van der Waals surface area contributed by atoms with Gasteiger partial charge in [0.15, 0.2) is 0 Å². The van der Waals surface area contributed by atoms with E-state index in [1.165, 1.54) is 44.9 Å². The van der Waals surface area contributed by atoms with Crippen molar-refractivity contribution in [2.75, 3.05) is 0 Å². The van der Waals surface area contributed by atoms with Crippen LogP contribution >= 0.6 is 0 Å². The van der Waals surface area contributed by atoms with Gasteiger partial charge in [-0.3, -0.25) is 9.59 Å². The minimum absolute atomic E-state index is 0.168. The normalized spacial score (nSPS) is 14.1. The Morgan fingerprint density at radius 3 is 1.68 bits per heavy atom. The predicted octanol–water partition coefficient (Wildman–Crippen LogP) is 12.1. The van der Waals surface area contributed by atoms with Gasteiger partial charge < -0.3 is 10.2 Å². The van der Waals surface area contributed by atoms with Crippen molar-refractivity contribution in [3.8, 4) is 0 Å². The lowest BCUT2D eigenvalue weighted by Crippen LogP contribution is -2.23. The molecular weight excluding hydrogens is 544 g/mol. The summed E-state index contributed by atoms with van der Waals surface area (Å²) in [7, 11) is 0. The SMILES string of the molecule is CCCCC/C=C\C/C=C\C/C=C\C/C=C\CCC(C(=O)O)C(CC=CCC=CC=CCCCCC(=O)O)CCCCCC. The molecule has 0 bridgehead atoms. The van der Waals surface area contributed by atoms with Gasteiger partial charge in [-0.25, -0.2) is 0 Å². The van der Waals surface area contributed by atoms with E-state index in [0.717, 1.165) is 64.2 Å². The molecule has 2 N–H and O–H groups in total. The second kappa shape index (κ2) is 33.0. The average molecular weight is 609 g/mol. The van der Waals surface area contributed by atoms with E-state index >= 15 is 0 Å². The molecule has 0 aliphatic carbocycles. The van der Waals surface area contributed by atoms with E-state index in [0.29, 0.717) is 12.8 Å². The first kappa shape index (κ1) is 41.1. The molecule has 0 heterocycles. The van der Waals surface area contributed by atoms with Crippen molar-refractivity contribution in [3.05, 3.63) is 85.1 Å². The molecule has 0 aliphatic heterocycles. The molecule has 0 amide bonds. The van der Waals surface area contributed by atoms with Crippen LogP contribution in [0.25, 0.3) is 0 Å². The molecule has 0 fully saturated rings. The maximum atomic E-state index is 12.2. The fourth-order valence-electron chi connectivity index (χ4n) is 5.03. The second-order valence-corrected chi connectivity index (χ2v) is 11.7. The molecule has 0 spiro atoms. The van der Waals surface area contributed by atoms with E-state index in [2.05, 4.69) is 86.8 Å². The molecule has 0 aromatic heterocycles. The van der Waals surface area contributed by atoms with Gasteiger partial charge in [0.25, 0.3) is 0 Å². The van der Waals surface area contributed by atoms with E-state index in [-0.39, 0.29) is 18.3 Å². The topological polar surface area (TPSA) is 74.6 Å². The molecule has 0 aromatic rings. The van der Waals surface area contributed by atoms with Gasteiger partial charge in [-0.2, -0.15) is 0 Å². The Balaban J connectivity index is 4.53. The number of hydrogen-bond acceptors (Lipinski definition) is 2. The highest BCUT2D eigenvalue weighted by atomic mass is 16.4. The predicted molar refractivity (Wildman–Crippen MR) is 190 cm³/mol. The van der Waals surface area contributed by atoms with Crippen LogP contribution in [-0.2, 0) is 9.59 Å². The van der Waals surface area contributed by atoms with Crippen LogP contribution in [0.5, 0.6) is 0 Å². The van der Waals surface area contributed by atoms with E-state index in [1.54, 1.807) is 0 Å². The molecule has 248 valence electrons. The summed E-state index contributed by atoms with van der Waals surface area (Å²) in [5, 5.41) is 18.7. The van der Waals surface area contributed by atoms with Gasteiger partial charge in [-0.15, -0.1) is 0 Å². The number of rotatable bonds is 30. The lowest BCUT2D eigenvalue weighted by molar-refractivity contribution is -0.144. The molecule has 4 nitrogen and oxygen atoms in total. The van der Waals surface area contributed by atoms with Gasteiger partial charge in [-0.1, -0.05) is 137 Å². The molecule has 0 rings (SSSR count). The molecule has 0 saturated carbocycles. The van der Waals surface area contributed by atoms with Crippen LogP contribution in [0.2, 0.25) is 0 Å². The number of unbranched alkanes of at least 4 members (excludes halogenated alkanes) is 8. The van der Waals surface area contributed by atoms with Crippen molar-refractivity contribution in [2.24, 2.45) is 11.8 Å². The number of carboxylic acid groups (broad SMARTS) is 2. The van der Waals surface area contributed by atoms with E-state index in [9.17, 15) is 14.7 Å². The third-order valence-corrected chi connectivity index (χ3v) is 7.69.